The molecule has 1 aliphatic heterocycles. The number of hydrogen-bond acceptors (Lipinski definition) is 4. The summed E-state index contributed by atoms with van der Waals surface area (Å²) in [5, 5.41) is 22.2. The Morgan fingerprint density at radius 1 is 1.16 bits per heavy atom. The second kappa shape index (κ2) is 6.78. The number of phenolic OH excluding ortho intramolecular Hbond substituents is 2. The molecule has 1 saturated heterocycles. The molecule has 106 valence electrons. The van der Waals surface area contributed by atoms with E-state index in [2.05, 4.69) is 17.1 Å². The summed E-state index contributed by atoms with van der Waals surface area (Å²) in [6.45, 7) is 6.40. The normalized spacial score (nSPS) is 18.4. The zero-order valence-corrected chi connectivity index (χ0v) is 11.6. The van der Waals surface area contributed by atoms with Gasteiger partial charge in [-0.1, -0.05) is 12.5 Å². The summed E-state index contributed by atoms with van der Waals surface area (Å²) >= 11 is 0. The lowest BCUT2D eigenvalue weighted by Gasteiger charge is -2.29. The van der Waals surface area contributed by atoms with E-state index in [9.17, 15) is 10.2 Å². The van der Waals surface area contributed by atoms with Gasteiger partial charge in [-0.2, -0.15) is 0 Å². The Morgan fingerprint density at radius 3 is 2.58 bits per heavy atom. The molecule has 1 aliphatic rings. The first-order chi connectivity index (χ1) is 9.15. The molecule has 0 radical (unpaired) electrons. The first kappa shape index (κ1) is 14.2. The summed E-state index contributed by atoms with van der Waals surface area (Å²) in [6, 6.07) is 5.39. The zero-order valence-electron chi connectivity index (χ0n) is 11.6. The van der Waals surface area contributed by atoms with E-state index in [1.807, 2.05) is 6.07 Å². The van der Waals surface area contributed by atoms with Crippen molar-refractivity contribution in [2.75, 3.05) is 19.6 Å². The summed E-state index contributed by atoms with van der Waals surface area (Å²) in [7, 11) is 0. The molecule has 0 saturated carbocycles. The predicted octanol–water partition coefficient (Wildman–Crippen LogP) is 2.06. The van der Waals surface area contributed by atoms with Gasteiger partial charge in [-0.3, -0.25) is 0 Å². The number of nitrogens with one attached hydrogen (secondary N) is 1. The Bertz CT molecular complexity index is 403. The highest BCUT2D eigenvalue weighted by Gasteiger charge is 2.13. The maximum absolute atomic E-state index is 9.44. The number of hydrogen-bond donors (Lipinski definition) is 3. The van der Waals surface area contributed by atoms with Crippen LogP contribution in [0.2, 0.25) is 0 Å². The molecule has 1 aromatic carbocycles. The molecule has 4 heteroatoms. The first-order valence-corrected chi connectivity index (χ1v) is 7.12. The first-order valence-electron chi connectivity index (χ1n) is 7.12. The molecule has 1 heterocycles. The van der Waals surface area contributed by atoms with Gasteiger partial charge in [-0.05, 0) is 50.6 Å². The van der Waals surface area contributed by atoms with Crippen LogP contribution in [0.25, 0.3) is 0 Å². The highest BCUT2D eigenvalue weighted by Crippen LogP contribution is 2.24. The molecule has 3 N–H and O–H groups in total. The van der Waals surface area contributed by atoms with Gasteiger partial charge in [0.15, 0.2) is 11.5 Å². The van der Waals surface area contributed by atoms with Crippen LogP contribution in [0.4, 0.5) is 0 Å². The molecule has 0 aliphatic carbocycles. The van der Waals surface area contributed by atoms with Gasteiger partial charge in [0, 0.05) is 19.1 Å². The van der Waals surface area contributed by atoms with E-state index in [-0.39, 0.29) is 11.5 Å². The van der Waals surface area contributed by atoms with Gasteiger partial charge in [-0.25, -0.2) is 0 Å². The van der Waals surface area contributed by atoms with E-state index < -0.39 is 0 Å². The van der Waals surface area contributed by atoms with Crippen LogP contribution in [-0.4, -0.2) is 40.8 Å². The third kappa shape index (κ3) is 4.40. The molecule has 0 spiro atoms. The Kier molecular flexibility index (Phi) is 5.05. The molecule has 2 rings (SSSR count). The fourth-order valence-electron chi connectivity index (χ4n) is 2.56. The molecular formula is C15H24N2O2. The van der Waals surface area contributed by atoms with Gasteiger partial charge in [0.25, 0.3) is 0 Å². The number of phenols is 2. The summed E-state index contributed by atoms with van der Waals surface area (Å²) in [5.74, 6) is -0.118. The number of likely N-dealkylation sites (tertiary alicyclic amines) is 1. The fourth-order valence-corrected chi connectivity index (χ4v) is 2.56. The van der Waals surface area contributed by atoms with Gasteiger partial charge in [0.2, 0.25) is 0 Å². The highest BCUT2D eigenvalue weighted by molar-refractivity contribution is 5.40. The van der Waals surface area contributed by atoms with E-state index in [1.165, 1.54) is 38.4 Å². The van der Waals surface area contributed by atoms with Crippen molar-refractivity contribution < 1.29 is 10.2 Å². The van der Waals surface area contributed by atoms with Gasteiger partial charge in [0.05, 0.1) is 0 Å². The van der Waals surface area contributed by atoms with E-state index in [0.717, 1.165) is 12.1 Å². The maximum Gasteiger partial charge on any atom is 0.157 e. The third-order valence-corrected chi connectivity index (χ3v) is 3.68. The van der Waals surface area contributed by atoms with Crippen LogP contribution in [0.15, 0.2) is 18.2 Å². The molecule has 1 atom stereocenters. The average Bonchev–Trinajstić information content (AvgIpc) is 2.41. The van der Waals surface area contributed by atoms with Gasteiger partial charge < -0.3 is 20.4 Å². The summed E-state index contributed by atoms with van der Waals surface area (Å²) in [6.07, 6.45) is 4.00. The van der Waals surface area contributed by atoms with E-state index in [1.54, 1.807) is 6.07 Å². The van der Waals surface area contributed by atoms with Crippen LogP contribution in [-0.2, 0) is 6.54 Å². The molecular weight excluding hydrogens is 240 g/mol. The standard InChI is InChI=1S/C15H24N2O2/c1-12(11-17-7-3-2-4-8-17)16-10-13-5-6-14(18)15(19)9-13/h5-6,9,12,16,18-19H,2-4,7-8,10-11H2,1H3. The van der Waals surface area contributed by atoms with Gasteiger partial charge in [0.1, 0.15) is 0 Å². The lowest BCUT2D eigenvalue weighted by molar-refractivity contribution is 0.209. The Morgan fingerprint density at radius 2 is 1.89 bits per heavy atom. The molecule has 4 nitrogen and oxygen atoms in total. The molecule has 1 fully saturated rings. The smallest absolute Gasteiger partial charge is 0.157 e. The molecule has 0 amide bonds. The van der Waals surface area contributed by atoms with Crippen LogP contribution < -0.4 is 5.32 Å². The van der Waals surface area contributed by atoms with Crippen molar-refractivity contribution in [2.45, 2.75) is 38.8 Å². The summed E-state index contributed by atoms with van der Waals surface area (Å²) in [4.78, 5) is 2.51. The van der Waals surface area contributed by atoms with Gasteiger partial charge in [-0.15, -0.1) is 0 Å². The van der Waals surface area contributed by atoms with E-state index >= 15 is 0 Å². The van der Waals surface area contributed by atoms with Crippen LogP contribution >= 0.6 is 0 Å². The van der Waals surface area contributed by atoms with Crippen LogP contribution in [0, 0.1) is 0 Å². The van der Waals surface area contributed by atoms with Crippen molar-refractivity contribution in [2.24, 2.45) is 0 Å². The van der Waals surface area contributed by atoms with Crippen molar-refractivity contribution in [1.29, 1.82) is 0 Å². The number of piperidine rings is 1. The number of aromatic hydroxyl groups is 2. The van der Waals surface area contributed by atoms with E-state index in [4.69, 9.17) is 0 Å². The van der Waals surface area contributed by atoms with Crippen molar-refractivity contribution in [3.63, 3.8) is 0 Å². The molecule has 1 unspecified atom stereocenters. The van der Waals surface area contributed by atoms with Crippen molar-refractivity contribution in [3.05, 3.63) is 23.8 Å². The molecule has 0 bridgehead atoms. The Balaban J connectivity index is 1.75. The largest absolute Gasteiger partial charge is 0.504 e. The minimum absolute atomic E-state index is 0.0528. The summed E-state index contributed by atoms with van der Waals surface area (Å²) in [5.41, 5.74) is 0.987. The molecule has 1 aromatic rings. The average molecular weight is 264 g/mol. The Labute approximate surface area is 115 Å². The van der Waals surface area contributed by atoms with Gasteiger partial charge >= 0.3 is 0 Å². The molecule has 19 heavy (non-hydrogen) atoms. The maximum atomic E-state index is 9.44. The quantitative estimate of drug-likeness (QED) is 0.713. The monoisotopic (exact) mass is 264 g/mol. The van der Waals surface area contributed by atoms with Crippen LogP contribution in [0.5, 0.6) is 11.5 Å². The minimum atomic E-state index is -0.0647. The topological polar surface area (TPSA) is 55.7 Å². The summed E-state index contributed by atoms with van der Waals surface area (Å²) < 4.78 is 0. The lowest BCUT2D eigenvalue weighted by Crippen LogP contribution is -2.41. The number of nitrogens with zero attached hydrogens (tertiary/aromatic N) is 1. The fraction of sp³-hybridized carbons (Fsp3) is 0.600. The SMILES string of the molecule is CC(CN1CCCCC1)NCc1ccc(O)c(O)c1. The van der Waals surface area contributed by atoms with Crippen LogP contribution in [0.3, 0.4) is 0 Å². The van der Waals surface area contributed by atoms with Crippen molar-refractivity contribution in [3.8, 4) is 11.5 Å². The highest BCUT2D eigenvalue weighted by atomic mass is 16.3. The van der Waals surface area contributed by atoms with Crippen LogP contribution in [0.1, 0.15) is 31.7 Å². The van der Waals surface area contributed by atoms with Crippen molar-refractivity contribution in [1.82, 2.24) is 10.2 Å². The lowest BCUT2D eigenvalue weighted by atomic mass is 10.1. The second-order valence-corrected chi connectivity index (χ2v) is 5.47. The predicted molar refractivity (Wildman–Crippen MR) is 76.4 cm³/mol. The number of rotatable bonds is 5. The third-order valence-electron chi connectivity index (χ3n) is 3.68. The molecule has 0 aromatic heterocycles. The Hall–Kier alpha value is -1.26. The van der Waals surface area contributed by atoms with E-state index in [0.29, 0.717) is 12.6 Å². The zero-order chi connectivity index (χ0) is 13.7. The second-order valence-electron chi connectivity index (χ2n) is 5.47. The van der Waals surface area contributed by atoms with Crippen molar-refractivity contribution >= 4 is 0 Å². The minimum Gasteiger partial charge on any atom is -0.504 e. The number of benzene rings is 1.